The largest absolute Gasteiger partial charge is 0.352 e. The highest BCUT2D eigenvalue weighted by Crippen LogP contribution is 2.24. The number of rotatable bonds is 11. The molecule has 0 heterocycles. The lowest BCUT2D eigenvalue weighted by Gasteiger charge is -2.35. The summed E-state index contributed by atoms with van der Waals surface area (Å²) in [5.74, 6) is -0.658. The maximum absolute atomic E-state index is 14.3. The fraction of sp³-hybridized carbons (Fsp3) is 0.394. The summed E-state index contributed by atoms with van der Waals surface area (Å²) in [6.45, 7) is 3.60. The summed E-state index contributed by atoms with van der Waals surface area (Å²) < 4.78 is 28.1. The van der Waals surface area contributed by atoms with Crippen LogP contribution in [-0.2, 0) is 32.6 Å². The number of hydrogen-bond donors (Lipinski definition) is 1. The van der Waals surface area contributed by atoms with Crippen LogP contribution in [0.2, 0.25) is 0 Å². The minimum atomic E-state index is -3.80. The van der Waals surface area contributed by atoms with E-state index >= 15 is 0 Å². The Morgan fingerprint density at radius 1 is 0.905 bits per heavy atom. The number of halogens is 1. The van der Waals surface area contributed by atoms with Crippen LogP contribution in [0.1, 0.15) is 54.4 Å². The smallest absolute Gasteiger partial charge is 0.244 e. The molecule has 42 heavy (non-hydrogen) atoms. The van der Waals surface area contributed by atoms with Crippen molar-refractivity contribution in [3.63, 3.8) is 0 Å². The van der Waals surface area contributed by atoms with Crippen molar-refractivity contribution >= 4 is 43.5 Å². The first kappa shape index (κ1) is 31.8. The molecule has 0 spiro atoms. The standard InChI is InChI=1S/C33H40BrN3O4S/c1-24-14-19-30(20-25(24)2)37(42(3,40)41)23-32(38)36(22-27-15-17-28(34)18-16-27)31(21-26-10-6-4-7-11-26)33(39)35-29-12-8-5-9-13-29/h4,6-7,10-11,14-20,29,31H,5,8-9,12-13,21-23H2,1-3H3,(H,35,39)/t31-/m1/s1. The van der Waals surface area contributed by atoms with Gasteiger partial charge in [-0.05, 0) is 73.2 Å². The van der Waals surface area contributed by atoms with E-state index in [0.29, 0.717) is 12.1 Å². The Bertz CT molecular complexity index is 1470. The zero-order valence-electron chi connectivity index (χ0n) is 24.6. The summed E-state index contributed by atoms with van der Waals surface area (Å²) in [7, 11) is -3.80. The van der Waals surface area contributed by atoms with Gasteiger partial charge >= 0.3 is 0 Å². The molecule has 7 nitrogen and oxygen atoms in total. The number of benzene rings is 3. The van der Waals surface area contributed by atoms with Gasteiger partial charge in [-0.25, -0.2) is 8.42 Å². The molecule has 9 heteroatoms. The maximum Gasteiger partial charge on any atom is 0.244 e. The molecule has 1 atom stereocenters. The summed E-state index contributed by atoms with van der Waals surface area (Å²) in [6, 6.07) is 21.8. The lowest BCUT2D eigenvalue weighted by Crippen LogP contribution is -2.55. The molecule has 0 unspecified atom stereocenters. The number of hydrogen-bond acceptors (Lipinski definition) is 4. The third-order valence-corrected chi connectivity index (χ3v) is 9.62. The van der Waals surface area contributed by atoms with Crippen LogP contribution < -0.4 is 9.62 Å². The molecular formula is C33H40BrN3O4S. The Hall–Kier alpha value is -3.17. The molecule has 0 aromatic heterocycles. The second-order valence-electron chi connectivity index (χ2n) is 11.2. The normalized spacial score (nSPS) is 14.7. The predicted molar refractivity (Wildman–Crippen MR) is 172 cm³/mol. The molecule has 3 aromatic carbocycles. The van der Waals surface area contributed by atoms with Gasteiger partial charge in [0.25, 0.3) is 0 Å². The van der Waals surface area contributed by atoms with Crippen molar-refractivity contribution in [3.8, 4) is 0 Å². The predicted octanol–water partition coefficient (Wildman–Crippen LogP) is 5.92. The topological polar surface area (TPSA) is 86.8 Å². The van der Waals surface area contributed by atoms with Crippen molar-refractivity contribution in [1.29, 1.82) is 0 Å². The van der Waals surface area contributed by atoms with Gasteiger partial charge in [0.1, 0.15) is 12.6 Å². The van der Waals surface area contributed by atoms with E-state index in [9.17, 15) is 18.0 Å². The van der Waals surface area contributed by atoms with Gasteiger partial charge in [-0.15, -0.1) is 0 Å². The van der Waals surface area contributed by atoms with E-state index in [4.69, 9.17) is 0 Å². The molecule has 4 rings (SSSR count). The molecule has 0 aliphatic heterocycles. The summed E-state index contributed by atoms with van der Waals surface area (Å²) in [6.07, 6.45) is 6.53. The summed E-state index contributed by atoms with van der Waals surface area (Å²) >= 11 is 3.47. The van der Waals surface area contributed by atoms with E-state index in [0.717, 1.165) is 69.4 Å². The Labute approximate surface area is 258 Å². The van der Waals surface area contributed by atoms with Crippen molar-refractivity contribution in [2.75, 3.05) is 17.1 Å². The number of carbonyl (C=O) groups is 2. The number of sulfonamides is 1. The van der Waals surface area contributed by atoms with Crippen molar-refractivity contribution in [2.45, 2.75) is 71.0 Å². The average Bonchev–Trinajstić information content (AvgIpc) is 2.96. The minimum Gasteiger partial charge on any atom is -0.352 e. The fourth-order valence-electron chi connectivity index (χ4n) is 5.38. The Kier molecular flexibility index (Phi) is 10.8. The zero-order valence-corrected chi connectivity index (χ0v) is 27.0. The second-order valence-corrected chi connectivity index (χ2v) is 14.1. The second kappa shape index (κ2) is 14.3. The number of nitrogens with zero attached hydrogens (tertiary/aromatic N) is 2. The Morgan fingerprint density at radius 3 is 2.19 bits per heavy atom. The lowest BCUT2D eigenvalue weighted by atomic mass is 9.94. The van der Waals surface area contributed by atoms with Gasteiger partial charge in [0.05, 0.1) is 11.9 Å². The third-order valence-electron chi connectivity index (χ3n) is 7.95. The monoisotopic (exact) mass is 653 g/mol. The third kappa shape index (κ3) is 8.67. The lowest BCUT2D eigenvalue weighted by molar-refractivity contribution is -0.140. The first-order valence-corrected chi connectivity index (χ1v) is 17.1. The molecule has 0 bridgehead atoms. The molecule has 224 valence electrons. The fourth-order valence-corrected chi connectivity index (χ4v) is 6.48. The number of amides is 2. The molecule has 1 aliphatic rings. The summed E-state index contributed by atoms with van der Waals surface area (Å²) in [5.41, 5.74) is 4.13. The average molecular weight is 655 g/mol. The maximum atomic E-state index is 14.3. The van der Waals surface area contributed by atoms with Gasteiger partial charge in [-0.1, -0.05) is 83.7 Å². The molecule has 1 saturated carbocycles. The van der Waals surface area contributed by atoms with Crippen molar-refractivity contribution in [2.24, 2.45) is 0 Å². The van der Waals surface area contributed by atoms with E-state index in [-0.39, 0.29) is 18.5 Å². The van der Waals surface area contributed by atoms with Gasteiger partial charge in [-0.3, -0.25) is 13.9 Å². The molecule has 1 fully saturated rings. The molecule has 0 saturated heterocycles. The van der Waals surface area contributed by atoms with Crippen LogP contribution in [-0.4, -0.2) is 50.0 Å². The summed E-state index contributed by atoms with van der Waals surface area (Å²) in [4.78, 5) is 29.8. The number of aryl methyl sites for hydroxylation is 2. The molecular weight excluding hydrogens is 614 g/mol. The van der Waals surface area contributed by atoms with Crippen LogP contribution in [0.15, 0.2) is 77.3 Å². The van der Waals surface area contributed by atoms with Crippen molar-refractivity contribution < 1.29 is 18.0 Å². The number of nitrogens with one attached hydrogen (secondary N) is 1. The molecule has 3 aromatic rings. The highest BCUT2D eigenvalue weighted by atomic mass is 79.9. The van der Waals surface area contributed by atoms with Crippen LogP contribution >= 0.6 is 15.9 Å². The number of anilines is 1. The van der Waals surface area contributed by atoms with Crippen molar-refractivity contribution in [1.82, 2.24) is 10.2 Å². The number of carbonyl (C=O) groups excluding carboxylic acids is 2. The van der Waals surface area contributed by atoms with Crippen LogP contribution in [0, 0.1) is 13.8 Å². The Balaban J connectivity index is 1.72. The van der Waals surface area contributed by atoms with E-state index in [1.54, 1.807) is 17.0 Å². The van der Waals surface area contributed by atoms with E-state index < -0.39 is 28.5 Å². The highest BCUT2D eigenvalue weighted by Gasteiger charge is 2.34. The van der Waals surface area contributed by atoms with E-state index in [1.807, 2.05) is 74.5 Å². The zero-order chi connectivity index (χ0) is 30.3. The van der Waals surface area contributed by atoms with Gasteiger partial charge in [0.15, 0.2) is 0 Å². The molecule has 1 N–H and O–H groups in total. The first-order valence-electron chi connectivity index (χ1n) is 14.4. The first-order chi connectivity index (χ1) is 20.0. The van der Waals surface area contributed by atoms with Gasteiger partial charge < -0.3 is 10.2 Å². The minimum absolute atomic E-state index is 0.0669. The Morgan fingerprint density at radius 2 is 1.57 bits per heavy atom. The molecule has 1 aliphatic carbocycles. The van der Waals surface area contributed by atoms with Gasteiger partial charge in [0.2, 0.25) is 21.8 Å². The van der Waals surface area contributed by atoms with Crippen LogP contribution in [0.4, 0.5) is 5.69 Å². The highest BCUT2D eigenvalue weighted by molar-refractivity contribution is 9.10. The van der Waals surface area contributed by atoms with Crippen molar-refractivity contribution in [3.05, 3.63) is 99.5 Å². The van der Waals surface area contributed by atoms with Gasteiger partial charge in [0, 0.05) is 23.5 Å². The van der Waals surface area contributed by atoms with E-state index in [2.05, 4.69) is 21.2 Å². The van der Waals surface area contributed by atoms with Crippen LogP contribution in [0.3, 0.4) is 0 Å². The SMILES string of the molecule is Cc1ccc(N(CC(=O)N(Cc2ccc(Br)cc2)[C@H](Cc2ccccc2)C(=O)NC2CCCCC2)S(C)(=O)=O)cc1C. The summed E-state index contributed by atoms with van der Waals surface area (Å²) in [5, 5.41) is 3.23. The van der Waals surface area contributed by atoms with E-state index in [1.165, 1.54) is 0 Å². The quantitative estimate of drug-likeness (QED) is 0.278. The van der Waals surface area contributed by atoms with Crippen LogP contribution in [0.25, 0.3) is 0 Å². The van der Waals surface area contributed by atoms with Crippen LogP contribution in [0.5, 0.6) is 0 Å². The molecule has 0 radical (unpaired) electrons. The van der Waals surface area contributed by atoms with Gasteiger partial charge in [-0.2, -0.15) is 0 Å². The molecule has 2 amide bonds.